The number of carbonyl (C=O) groups excluding carboxylic acids is 2. The molecule has 32 heavy (non-hydrogen) atoms. The van der Waals surface area contributed by atoms with Crippen LogP contribution in [0.15, 0.2) is 83.5 Å². The van der Waals surface area contributed by atoms with Crippen molar-refractivity contribution in [3.05, 3.63) is 111 Å². The van der Waals surface area contributed by atoms with Gasteiger partial charge in [0.25, 0.3) is 5.69 Å². The summed E-state index contributed by atoms with van der Waals surface area (Å²) in [6.07, 6.45) is 1.46. The molecule has 3 aromatic carbocycles. The molecule has 158 valence electrons. The van der Waals surface area contributed by atoms with Gasteiger partial charge in [-0.1, -0.05) is 35.9 Å². The summed E-state index contributed by atoms with van der Waals surface area (Å²) in [5, 5.41) is 10.8. The zero-order valence-corrected chi connectivity index (χ0v) is 16.8. The van der Waals surface area contributed by atoms with Gasteiger partial charge in [-0.15, -0.1) is 0 Å². The lowest BCUT2D eigenvalue weighted by atomic mass is 10.1. The number of aryl methyl sites for hydroxylation is 1. The number of nitro benzene ring substituents is 1. The molecule has 3 aromatic rings. The number of para-hydroxylation sites is 1. The third-order valence-electron chi connectivity index (χ3n) is 4.61. The van der Waals surface area contributed by atoms with Crippen molar-refractivity contribution >= 4 is 29.6 Å². The Balaban J connectivity index is 1.60. The van der Waals surface area contributed by atoms with Crippen LogP contribution in [0.5, 0.6) is 5.75 Å². The molecule has 8 heteroatoms. The van der Waals surface area contributed by atoms with Crippen LogP contribution < -0.4 is 4.74 Å². The van der Waals surface area contributed by atoms with Crippen LogP contribution >= 0.6 is 0 Å². The fourth-order valence-corrected chi connectivity index (χ4v) is 3.03. The lowest BCUT2D eigenvalue weighted by Crippen LogP contribution is -2.09. The highest BCUT2D eigenvalue weighted by Gasteiger charge is 2.25. The van der Waals surface area contributed by atoms with Gasteiger partial charge in [-0.2, -0.15) is 0 Å². The molecule has 0 aromatic heterocycles. The molecule has 0 bridgehead atoms. The van der Waals surface area contributed by atoms with Crippen LogP contribution in [0.2, 0.25) is 0 Å². The number of nitro groups is 1. The highest BCUT2D eigenvalue weighted by molar-refractivity contribution is 6.13. The van der Waals surface area contributed by atoms with Gasteiger partial charge < -0.3 is 9.47 Å². The number of cyclic esters (lactones) is 1. The molecule has 4 rings (SSSR count). The predicted molar refractivity (Wildman–Crippen MR) is 116 cm³/mol. The molecule has 1 aliphatic heterocycles. The van der Waals surface area contributed by atoms with Crippen molar-refractivity contribution in [3.8, 4) is 5.75 Å². The first kappa shape index (κ1) is 20.7. The fraction of sp³-hybridized carbons (Fsp3) is 0.0417. The molecule has 0 saturated heterocycles. The molecule has 0 spiro atoms. The monoisotopic (exact) mass is 428 g/mol. The van der Waals surface area contributed by atoms with E-state index in [0.717, 1.165) is 5.56 Å². The minimum atomic E-state index is -0.682. The Bertz CT molecular complexity index is 1290. The number of ether oxygens (including phenoxy) is 2. The van der Waals surface area contributed by atoms with Crippen molar-refractivity contribution in [1.82, 2.24) is 0 Å². The summed E-state index contributed by atoms with van der Waals surface area (Å²) in [5.41, 5.74) is 2.15. The number of non-ortho nitro benzene ring substituents is 1. The maximum atomic E-state index is 12.5. The van der Waals surface area contributed by atoms with E-state index in [2.05, 4.69) is 4.99 Å². The van der Waals surface area contributed by atoms with Crippen LogP contribution in [0.25, 0.3) is 6.08 Å². The highest BCUT2D eigenvalue weighted by atomic mass is 16.6. The van der Waals surface area contributed by atoms with E-state index in [1.54, 1.807) is 42.5 Å². The molecule has 0 radical (unpaired) electrons. The first-order chi connectivity index (χ1) is 15.4. The van der Waals surface area contributed by atoms with E-state index in [1.807, 2.05) is 13.0 Å². The topological polar surface area (TPSA) is 108 Å². The Kier molecular flexibility index (Phi) is 5.59. The summed E-state index contributed by atoms with van der Waals surface area (Å²) in [7, 11) is 0. The second kappa shape index (κ2) is 8.65. The van der Waals surface area contributed by atoms with Crippen LogP contribution in [0.4, 0.5) is 5.69 Å². The maximum absolute atomic E-state index is 12.5. The quantitative estimate of drug-likeness (QED) is 0.195. The van der Waals surface area contributed by atoms with Gasteiger partial charge in [-0.3, -0.25) is 10.1 Å². The zero-order valence-electron chi connectivity index (χ0n) is 16.8. The molecule has 0 aliphatic carbocycles. The molecule has 1 heterocycles. The normalized spacial score (nSPS) is 14.1. The molecule has 0 unspecified atom stereocenters. The average molecular weight is 428 g/mol. The molecule has 0 amide bonds. The number of esters is 2. The first-order valence-corrected chi connectivity index (χ1v) is 9.56. The van der Waals surface area contributed by atoms with Crippen LogP contribution in [-0.2, 0) is 9.53 Å². The fourth-order valence-electron chi connectivity index (χ4n) is 3.03. The van der Waals surface area contributed by atoms with Crippen LogP contribution in [0.1, 0.15) is 27.0 Å². The number of hydrogen-bond acceptors (Lipinski definition) is 7. The van der Waals surface area contributed by atoms with E-state index in [9.17, 15) is 19.7 Å². The number of carbonyl (C=O) groups is 2. The van der Waals surface area contributed by atoms with Crippen molar-refractivity contribution in [2.45, 2.75) is 6.92 Å². The number of benzene rings is 3. The smallest absolute Gasteiger partial charge is 0.363 e. The number of nitrogens with zero attached hydrogens (tertiary/aromatic N) is 2. The van der Waals surface area contributed by atoms with E-state index < -0.39 is 16.9 Å². The molecular formula is C24H16N2O6. The van der Waals surface area contributed by atoms with Crippen molar-refractivity contribution in [2.75, 3.05) is 0 Å². The standard InChI is InChI=1S/C24H16N2O6/c1-15-5-4-7-18(13-15)23(27)31-21-8-3-2-6-17(21)14-20-24(28)32-22(25-20)16-9-11-19(12-10-16)26(29)30/h2-14H,1H3/b20-14+. The Hall–Kier alpha value is -4.59. The largest absolute Gasteiger partial charge is 0.422 e. The molecule has 0 saturated carbocycles. The Morgan fingerprint density at radius 1 is 1.06 bits per heavy atom. The minimum absolute atomic E-state index is 0.0115. The SMILES string of the molecule is Cc1cccc(C(=O)Oc2ccccc2/C=C2/N=C(c3ccc([N+](=O)[O-])cc3)OC2=O)c1. The first-order valence-electron chi connectivity index (χ1n) is 9.56. The zero-order chi connectivity index (χ0) is 22.7. The summed E-state index contributed by atoms with van der Waals surface area (Å²) in [5.74, 6) is -0.912. The summed E-state index contributed by atoms with van der Waals surface area (Å²) < 4.78 is 10.7. The Morgan fingerprint density at radius 2 is 1.81 bits per heavy atom. The number of hydrogen-bond donors (Lipinski definition) is 0. The van der Waals surface area contributed by atoms with Crippen LogP contribution in [0.3, 0.4) is 0 Å². The Morgan fingerprint density at radius 3 is 2.53 bits per heavy atom. The molecule has 0 fully saturated rings. The number of aliphatic imine (C=N–C) groups is 1. The summed E-state index contributed by atoms with van der Waals surface area (Å²) >= 11 is 0. The minimum Gasteiger partial charge on any atom is -0.422 e. The van der Waals surface area contributed by atoms with Crippen molar-refractivity contribution in [3.63, 3.8) is 0 Å². The maximum Gasteiger partial charge on any atom is 0.363 e. The average Bonchev–Trinajstić information content (AvgIpc) is 3.15. The molecule has 0 atom stereocenters. The van der Waals surface area contributed by atoms with Crippen LogP contribution in [0, 0.1) is 17.0 Å². The van der Waals surface area contributed by atoms with E-state index in [-0.39, 0.29) is 23.0 Å². The van der Waals surface area contributed by atoms with Crippen LogP contribution in [-0.4, -0.2) is 22.8 Å². The highest BCUT2D eigenvalue weighted by Crippen LogP contribution is 2.26. The second-order valence-electron chi connectivity index (χ2n) is 6.94. The Labute approximate surface area is 182 Å². The molecule has 0 N–H and O–H groups in total. The molecular weight excluding hydrogens is 412 g/mol. The van der Waals surface area contributed by atoms with Gasteiger partial charge in [-0.25, -0.2) is 14.6 Å². The van der Waals surface area contributed by atoms with Crippen molar-refractivity contribution in [2.24, 2.45) is 4.99 Å². The molecule has 8 nitrogen and oxygen atoms in total. The van der Waals surface area contributed by atoms with Gasteiger partial charge in [-0.05, 0) is 43.3 Å². The summed E-state index contributed by atoms with van der Waals surface area (Å²) in [6, 6.07) is 19.3. The van der Waals surface area contributed by atoms with Gasteiger partial charge in [0.2, 0.25) is 5.90 Å². The summed E-state index contributed by atoms with van der Waals surface area (Å²) in [6.45, 7) is 1.88. The van der Waals surface area contributed by atoms with E-state index in [0.29, 0.717) is 16.7 Å². The van der Waals surface area contributed by atoms with Gasteiger partial charge in [0.05, 0.1) is 10.5 Å². The van der Waals surface area contributed by atoms with Gasteiger partial charge in [0.1, 0.15) is 5.75 Å². The van der Waals surface area contributed by atoms with E-state index in [1.165, 1.54) is 30.3 Å². The van der Waals surface area contributed by atoms with Crippen molar-refractivity contribution < 1.29 is 24.0 Å². The van der Waals surface area contributed by atoms with E-state index in [4.69, 9.17) is 9.47 Å². The predicted octanol–water partition coefficient (Wildman–Crippen LogP) is 4.47. The third kappa shape index (κ3) is 4.44. The van der Waals surface area contributed by atoms with Gasteiger partial charge >= 0.3 is 11.9 Å². The second-order valence-corrected chi connectivity index (χ2v) is 6.94. The summed E-state index contributed by atoms with van der Waals surface area (Å²) in [4.78, 5) is 39.3. The van der Waals surface area contributed by atoms with E-state index >= 15 is 0 Å². The molecule has 1 aliphatic rings. The third-order valence-corrected chi connectivity index (χ3v) is 4.61. The lowest BCUT2D eigenvalue weighted by molar-refractivity contribution is -0.384. The van der Waals surface area contributed by atoms with Gasteiger partial charge in [0, 0.05) is 23.3 Å². The lowest BCUT2D eigenvalue weighted by Gasteiger charge is -2.08. The van der Waals surface area contributed by atoms with Gasteiger partial charge in [0.15, 0.2) is 5.70 Å². The number of rotatable bonds is 5. The van der Waals surface area contributed by atoms with Crippen molar-refractivity contribution in [1.29, 1.82) is 0 Å².